The van der Waals surface area contributed by atoms with E-state index in [0.29, 0.717) is 0 Å². The van der Waals surface area contributed by atoms with Gasteiger partial charge in [-0.05, 0) is 30.5 Å². The number of fused-ring (bicyclic) bond motifs is 1. The Morgan fingerprint density at radius 2 is 2.00 bits per heavy atom. The molecule has 3 rings (SSSR count). The third kappa shape index (κ3) is 2.39. The van der Waals surface area contributed by atoms with Gasteiger partial charge in [0, 0.05) is 42.9 Å². The number of nitrogens with one attached hydrogen (secondary N) is 1. The van der Waals surface area contributed by atoms with Gasteiger partial charge in [0.25, 0.3) is 0 Å². The van der Waals surface area contributed by atoms with Crippen molar-refractivity contribution in [2.75, 3.05) is 11.9 Å². The summed E-state index contributed by atoms with van der Waals surface area (Å²) in [5.41, 5.74) is 4.95. The molecule has 1 N–H and O–H groups in total. The molecule has 0 amide bonds. The maximum absolute atomic E-state index is 4.42. The zero-order valence-corrected chi connectivity index (χ0v) is 10.1. The second-order valence-corrected chi connectivity index (χ2v) is 4.09. The zero-order chi connectivity index (χ0) is 10.8. The molecule has 1 aromatic carbocycles. The van der Waals surface area contributed by atoms with Crippen LogP contribution in [0.15, 0.2) is 42.6 Å². The molecule has 1 aliphatic heterocycles. The molecule has 2 aromatic rings. The Hall–Kier alpha value is -1.23. The molecular formula is C14H14LiN2. The van der Waals surface area contributed by atoms with Gasteiger partial charge in [-0.3, -0.25) is 4.98 Å². The topological polar surface area (TPSA) is 24.9 Å². The number of anilines is 1. The summed E-state index contributed by atoms with van der Waals surface area (Å²) < 4.78 is 0. The third-order valence-electron chi connectivity index (χ3n) is 3.02. The predicted octanol–water partition coefficient (Wildman–Crippen LogP) is 2.73. The van der Waals surface area contributed by atoms with Crippen molar-refractivity contribution in [3.05, 3.63) is 48.2 Å². The monoisotopic (exact) mass is 217 g/mol. The Bertz CT molecular complexity index is 497. The molecule has 2 heterocycles. The van der Waals surface area contributed by atoms with E-state index in [9.17, 15) is 0 Å². The van der Waals surface area contributed by atoms with Gasteiger partial charge in [0.1, 0.15) is 0 Å². The molecule has 2 nitrogen and oxygen atoms in total. The molecule has 1 aromatic heterocycles. The molecular weight excluding hydrogens is 203 g/mol. The van der Waals surface area contributed by atoms with Crippen LogP contribution in [0.2, 0.25) is 0 Å². The number of benzene rings is 1. The Morgan fingerprint density at radius 1 is 1.06 bits per heavy atom. The van der Waals surface area contributed by atoms with Gasteiger partial charge in [0.05, 0.1) is 5.69 Å². The second-order valence-electron chi connectivity index (χ2n) is 4.09. The van der Waals surface area contributed by atoms with Crippen molar-refractivity contribution >= 4 is 24.5 Å². The van der Waals surface area contributed by atoms with Crippen LogP contribution in [-0.2, 0) is 6.42 Å². The first-order valence-electron chi connectivity index (χ1n) is 5.72. The van der Waals surface area contributed by atoms with Crippen LogP contribution in [0.25, 0.3) is 11.3 Å². The summed E-state index contributed by atoms with van der Waals surface area (Å²) in [6.07, 6.45) is 4.24. The van der Waals surface area contributed by atoms with Crippen LogP contribution in [0.4, 0.5) is 5.69 Å². The summed E-state index contributed by atoms with van der Waals surface area (Å²) in [7, 11) is 0. The largest absolute Gasteiger partial charge is 0.384 e. The molecule has 0 spiro atoms. The van der Waals surface area contributed by atoms with Crippen LogP contribution in [0.1, 0.15) is 12.0 Å². The SMILES string of the molecule is [Li].c1ccc(-c2cccc3c2NCCC3)nc1. The number of aryl methyl sites for hydroxylation is 1. The zero-order valence-electron chi connectivity index (χ0n) is 10.1. The molecule has 17 heavy (non-hydrogen) atoms. The Labute approximate surface area is 114 Å². The van der Waals surface area contributed by atoms with Gasteiger partial charge in [-0.2, -0.15) is 0 Å². The van der Waals surface area contributed by atoms with Crippen LogP contribution >= 0.6 is 0 Å². The van der Waals surface area contributed by atoms with Crippen LogP contribution < -0.4 is 5.32 Å². The number of aromatic nitrogens is 1. The molecule has 0 unspecified atom stereocenters. The Kier molecular flexibility index (Phi) is 3.88. The van der Waals surface area contributed by atoms with E-state index in [4.69, 9.17) is 0 Å². The first kappa shape index (κ1) is 12.2. The first-order valence-corrected chi connectivity index (χ1v) is 5.72. The van der Waals surface area contributed by atoms with Gasteiger partial charge in [0.15, 0.2) is 0 Å². The summed E-state index contributed by atoms with van der Waals surface area (Å²) >= 11 is 0. The maximum atomic E-state index is 4.42. The molecule has 1 radical (unpaired) electrons. The number of hydrogen-bond acceptors (Lipinski definition) is 2. The minimum Gasteiger partial charge on any atom is -0.384 e. The molecule has 1 aliphatic rings. The fourth-order valence-corrected chi connectivity index (χ4v) is 2.24. The molecule has 0 saturated heterocycles. The number of hydrogen-bond donors (Lipinski definition) is 1. The third-order valence-corrected chi connectivity index (χ3v) is 3.02. The van der Waals surface area contributed by atoms with E-state index in [2.05, 4.69) is 34.6 Å². The fourth-order valence-electron chi connectivity index (χ4n) is 2.24. The van der Waals surface area contributed by atoms with Crippen molar-refractivity contribution in [1.29, 1.82) is 0 Å². The van der Waals surface area contributed by atoms with Crippen molar-refractivity contribution in [3.8, 4) is 11.3 Å². The number of pyridine rings is 1. The van der Waals surface area contributed by atoms with Gasteiger partial charge in [-0.25, -0.2) is 0 Å². The van der Waals surface area contributed by atoms with E-state index in [0.717, 1.165) is 12.2 Å². The van der Waals surface area contributed by atoms with Gasteiger partial charge >= 0.3 is 0 Å². The van der Waals surface area contributed by atoms with Crippen molar-refractivity contribution in [1.82, 2.24) is 4.98 Å². The number of rotatable bonds is 1. The molecule has 0 aliphatic carbocycles. The quantitative estimate of drug-likeness (QED) is 0.743. The fraction of sp³-hybridized carbons (Fsp3) is 0.214. The van der Waals surface area contributed by atoms with Crippen LogP contribution in [0, 0.1) is 0 Å². The number of para-hydroxylation sites is 1. The Morgan fingerprint density at radius 3 is 2.82 bits per heavy atom. The van der Waals surface area contributed by atoms with E-state index in [-0.39, 0.29) is 18.9 Å². The van der Waals surface area contributed by atoms with E-state index in [1.54, 1.807) is 0 Å². The molecule has 0 fully saturated rings. The molecule has 0 bridgehead atoms. The second kappa shape index (κ2) is 5.40. The van der Waals surface area contributed by atoms with Crippen LogP contribution in [0.5, 0.6) is 0 Å². The van der Waals surface area contributed by atoms with Crippen molar-refractivity contribution in [3.63, 3.8) is 0 Å². The first-order chi connectivity index (χ1) is 7.95. The van der Waals surface area contributed by atoms with Crippen molar-refractivity contribution < 1.29 is 0 Å². The summed E-state index contributed by atoms with van der Waals surface area (Å²) in [5, 5.41) is 3.49. The summed E-state index contributed by atoms with van der Waals surface area (Å²) in [6.45, 7) is 1.07. The number of nitrogens with zero attached hydrogens (tertiary/aromatic N) is 1. The van der Waals surface area contributed by atoms with Gasteiger partial charge in [0.2, 0.25) is 0 Å². The summed E-state index contributed by atoms with van der Waals surface area (Å²) in [5.74, 6) is 0. The minimum absolute atomic E-state index is 0. The standard InChI is InChI=1S/C14H14N2.Li/c1-2-9-15-13(8-1)12-7-3-5-11-6-4-10-16-14(11)12;/h1-3,5,7-9,16H,4,6,10H2;. The summed E-state index contributed by atoms with van der Waals surface area (Å²) in [6, 6.07) is 12.5. The van der Waals surface area contributed by atoms with Crippen LogP contribution in [0.3, 0.4) is 0 Å². The molecule has 0 atom stereocenters. The smallest absolute Gasteiger partial charge is 0.0722 e. The average Bonchev–Trinajstić information content (AvgIpc) is 2.39. The molecule has 3 heteroatoms. The van der Waals surface area contributed by atoms with Gasteiger partial charge in [-0.15, -0.1) is 0 Å². The Balaban J connectivity index is 0.00000108. The minimum atomic E-state index is 0. The van der Waals surface area contributed by atoms with Gasteiger partial charge < -0.3 is 5.32 Å². The predicted molar refractivity (Wildman–Crippen MR) is 72.2 cm³/mol. The average molecular weight is 217 g/mol. The van der Waals surface area contributed by atoms with Gasteiger partial charge in [-0.1, -0.05) is 24.3 Å². The van der Waals surface area contributed by atoms with Crippen molar-refractivity contribution in [2.24, 2.45) is 0 Å². The molecule has 81 valence electrons. The van der Waals surface area contributed by atoms with Crippen LogP contribution in [-0.4, -0.2) is 30.4 Å². The van der Waals surface area contributed by atoms with E-state index in [1.807, 2.05) is 18.3 Å². The van der Waals surface area contributed by atoms with E-state index >= 15 is 0 Å². The normalized spacial score (nSPS) is 13.2. The molecule has 0 saturated carbocycles. The van der Waals surface area contributed by atoms with E-state index in [1.165, 1.54) is 29.7 Å². The maximum Gasteiger partial charge on any atom is 0.0722 e. The van der Waals surface area contributed by atoms with Crippen molar-refractivity contribution in [2.45, 2.75) is 12.8 Å². The van der Waals surface area contributed by atoms with E-state index < -0.39 is 0 Å². The summed E-state index contributed by atoms with van der Waals surface area (Å²) in [4.78, 5) is 4.42.